The predicted molar refractivity (Wildman–Crippen MR) is 93.7 cm³/mol. The van der Waals surface area contributed by atoms with Crippen molar-refractivity contribution in [2.24, 2.45) is 5.73 Å². The van der Waals surface area contributed by atoms with Crippen molar-refractivity contribution in [3.63, 3.8) is 0 Å². The van der Waals surface area contributed by atoms with Crippen LogP contribution in [0.5, 0.6) is 0 Å². The molecule has 2 aromatic carbocycles. The van der Waals surface area contributed by atoms with E-state index in [0.29, 0.717) is 16.6 Å². The van der Waals surface area contributed by atoms with Gasteiger partial charge >= 0.3 is 0 Å². The van der Waals surface area contributed by atoms with Crippen molar-refractivity contribution in [2.45, 2.75) is 6.04 Å². The van der Waals surface area contributed by atoms with E-state index < -0.39 is 0 Å². The van der Waals surface area contributed by atoms with Gasteiger partial charge in [-0.05, 0) is 57.9 Å². The molecule has 0 aromatic heterocycles. The van der Waals surface area contributed by atoms with Crippen LogP contribution in [-0.2, 0) is 0 Å². The molecule has 106 valence electrons. The summed E-state index contributed by atoms with van der Waals surface area (Å²) >= 11 is 19.0. The molecule has 2 rings (SSSR count). The summed E-state index contributed by atoms with van der Waals surface area (Å²) in [4.78, 5) is 0. The highest BCUT2D eigenvalue weighted by atomic mass is 79.9. The second-order valence-electron chi connectivity index (χ2n) is 4.23. The highest BCUT2D eigenvalue weighted by Gasteiger charge is 2.14. The molecule has 6 heteroatoms. The lowest BCUT2D eigenvalue weighted by atomic mass is 10.1. The van der Waals surface area contributed by atoms with Crippen LogP contribution in [0.25, 0.3) is 0 Å². The minimum atomic E-state index is -0.0452. The van der Waals surface area contributed by atoms with Crippen LogP contribution < -0.4 is 11.1 Å². The lowest BCUT2D eigenvalue weighted by molar-refractivity contribution is 0.786. The smallest absolute Gasteiger partial charge is 0.0647 e. The summed E-state index contributed by atoms with van der Waals surface area (Å²) < 4.78 is 1.81. The van der Waals surface area contributed by atoms with E-state index in [9.17, 15) is 0 Å². The standard InChI is InChI=1S/C14H12Br2Cl2N2/c15-11-3-1-8(17)5-10(11)14(7-19)20-9-2-4-13(18)12(16)6-9/h1-6,14,20H,7,19H2. The zero-order valence-corrected chi connectivity index (χ0v) is 15.0. The highest BCUT2D eigenvalue weighted by molar-refractivity contribution is 9.10. The Morgan fingerprint density at radius 3 is 2.45 bits per heavy atom. The van der Waals surface area contributed by atoms with Crippen LogP contribution in [0.15, 0.2) is 45.3 Å². The summed E-state index contributed by atoms with van der Waals surface area (Å²) in [5, 5.41) is 4.73. The lowest BCUT2D eigenvalue weighted by Crippen LogP contribution is -2.21. The van der Waals surface area contributed by atoms with Crippen molar-refractivity contribution < 1.29 is 0 Å². The molecule has 2 aromatic rings. The topological polar surface area (TPSA) is 38.0 Å². The first-order valence-corrected chi connectivity index (χ1v) is 8.22. The number of nitrogens with two attached hydrogens (primary N) is 1. The highest BCUT2D eigenvalue weighted by Crippen LogP contribution is 2.31. The number of rotatable bonds is 4. The average Bonchev–Trinajstić information content (AvgIpc) is 2.43. The second kappa shape index (κ2) is 7.14. The summed E-state index contributed by atoms with van der Waals surface area (Å²) in [7, 11) is 0. The Labute approximate surface area is 144 Å². The van der Waals surface area contributed by atoms with Gasteiger partial charge in [-0.25, -0.2) is 0 Å². The average molecular weight is 439 g/mol. The fourth-order valence-corrected chi connectivity index (χ4v) is 3.03. The molecule has 3 N–H and O–H groups in total. The van der Waals surface area contributed by atoms with Crippen molar-refractivity contribution in [2.75, 3.05) is 11.9 Å². The van der Waals surface area contributed by atoms with Crippen molar-refractivity contribution in [1.82, 2.24) is 0 Å². The fourth-order valence-electron chi connectivity index (χ4n) is 1.83. The molecular formula is C14H12Br2Cl2N2. The van der Waals surface area contributed by atoms with Gasteiger partial charge < -0.3 is 11.1 Å². The maximum Gasteiger partial charge on any atom is 0.0647 e. The van der Waals surface area contributed by atoms with Crippen molar-refractivity contribution in [3.05, 3.63) is 61.0 Å². The summed E-state index contributed by atoms with van der Waals surface area (Å²) in [5.41, 5.74) is 7.83. The Kier molecular flexibility index (Phi) is 5.75. The third kappa shape index (κ3) is 3.89. The number of hydrogen-bond donors (Lipinski definition) is 2. The van der Waals surface area contributed by atoms with Crippen LogP contribution in [0.4, 0.5) is 5.69 Å². The van der Waals surface area contributed by atoms with Crippen LogP contribution in [-0.4, -0.2) is 6.54 Å². The SMILES string of the molecule is NCC(Nc1ccc(Cl)c(Br)c1)c1cc(Cl)ccc1Br. The van der Waals surface area contributed by atoms with E-state index in [4.69, 9.17) is 28.9 Å². The molecule has 0 radical (unpaired) electrons. The molecule has 0 aliphatic carbocycles. The molecular weight excluding hydrogens is 427 g/mol. The predicted octanol–water partition coefficient (Wildman–Crippen LogP) is 5.63. The summed E-state index contributed by atoms with van der Waals surface area (Å²) in [6.07, 6.45) is 0. The molecule has 20 heavy (non-hydrogen) atoms. The van der Waals surface area contributed by atoms with Gasteiger partial charge in [0.25, 0.3) is 0 Å². The monoisotopic (exact) mass is 436 g/mol. The quantitative estimate of drug-likeness (QED) is 0.649. The number of halogens is 4. The maximum atomic E-state index is 6.05. The van der Waals surface area contributed by atoms with E-state index in [-0.39, 0.29) is 6.04 Å². The normalized spacial score (nSPS) is 12.2. The largest absolute Gasteiger partial charge is 0.377 e. The molecule has 0 heterocycles. The number of benzene rings is 2. The minimum Gasteiger partial charge on any atom is -0.377 e. The van der Waals surface area contributed by atoms with Crippen molar-refractivity contribution in [3.8, 4) is 0 Å². The Hall–Kier alpha value is -0.260. The first-order chi connectivity index (χ1) is 9.51. The van der Waals surface area contributed by atoms with E-state index in [2.05, 4.69) is 37.2 Å². The third-order valence-corrected chi connectivity index (χ3v) is 5.00. The van der Waals surface area contributed by atoms with Crippen LogP contribution in [0.3, 0.4) is 0 Å². The number of nitrogens with one attached hydrogen (secondary N) is 1. The van der Waals surface area contributed by atoms with Crippen LogP contribution >= 0.6 is 55.1 Å². The molecule has 0 fully saturated rings. The molecule has 0 spiro atoms. The number of anilines is 1. The van der Waals surface area contributed by atoms with Gasteiger partial charge in [0, 0.05) is 26.2 Å². The van der Waals surface area contributed by atoms with Gasteiger partial charge in [-0.3, -0.25) is 0 Å². The van der Waals surface area contributed by atoms with Crippen molar-refractivity contribution in [1.29, 1.82) is 0 Å². The van der Waals surface area contributed by atoms with Gasteiger partial charge in [0.2, 0.25) is 0 Å². The van der Waals surface area contributed by atoms with Gasteiger partial charge in [0.15, 0.2) is 0 Å². The number of hydrogen-bond acceptors (Lipinski definition) is 2. The van der Waals surface area contributed by atoms with Gasteiger partial charge in [-0.2, -0.15) is 0 Å². The first-order valence-electron chi connectivity index (χ1n) is 5.88. The molecule has 1 atom stereocenters. The van der Waals surface area contributed by atoms with Gasteiger partial charge in [-0.15, -0.1) is 0 Å². The van der Waals surface area contributed by atoms with Crippen LogP contribution in [0.2, 0.25) is 10.0 Å². The molecule has 0 amide bonds. The fraction of sp³-hybridized carbons (Fsp3) is 0.143. The molecule has 2 nitrogen and oxygen atoms in total. The maximum absolute atomic E-state index is 6.05. The molecule has 0 aliphatic heterocycles. The zero-order chi connectivity index (χ0) is 14.7. The van der Waals surface area contributed by atoms with Gasteiger partial charge in [-0.1, -0.05) is 39.1 Å². The van der Waals surface area contributed by atoms with Crippen LogP contribution in [0, 0.1) is 0 Å². The Morgan fingerprint density at radius 1 is 1.05 bits per heavy atom. The second-order valence-corrected chi connectivity index (χ2v) is 6.78. The zero-order valence-electron chi connectivity index (χ0n) is 10.3. The Morgan fingerprint density at radius 2 is 1.80 bits per heavy atom. The van der Waals surface area contributed by atoms with E-state index in [1.165, 1.54) is 0 Å². The minimum absolute atomic E-state index is 0.0452. The molecule has 0 aliphatic rings. The van der Waals surface area contributed by atoms with E-state index in [1.807, 2.05) is 36.4 Å². The summed E-state index contributed by atoms with van der Waals surface area (Å²) in [6.45, 7) is 0.444. The third-order valence-electron chi connectivity index (χ3n) is 2.83. The van der Waals surface area contributed by atoms with Crippen molar-refractivity contribution >= 4 is 60.7 Å². The molecule has 0 bridgehead atoms. The Balaban J connectivity index is 2.28. The molecule has 1 unspecified atom stereocenters. The lowest BCUT2D eigenvalue weighted by Gasteiger charge is -2.20. The van der Waals surface area contributed by atoms with E-state index in [0.717, 1.165) is 20.2 Å². The van der Waals surface area contributed by atoms with E-state index in [1.54, 1.807) is 0 Å². The van der Waals surface area contributed by atoms with Crippen LogP contribution in [0.1, 0.15) is 11.6 Å². The summed E-state index contributed by atoms with van der Waals surface area (Å²) in [6, 6.07) is 11.3. The molecule has 0 saturated heterocycles. The van der Waals surface area contributed by atoms with Gasteiger partial charge in [0.05, 0.1) is 11.1 Å². The first kappa shape index (κ1) is 16.1. The van der Waals surface area contributed by atoms with E-state index >= 15 is 0 Å². The summed E-state index contributed by atoms with van der Waals surface area (Å²) in [5.74, 6) is 0. The van der Waals surface area contributed by atoms with Gasteiger partial charge in [0.1, 0.15) is 0 Å². The molecule has 0 saturated carbocycles. The Bertz CT molecular complexity index is 620.